The molecule has 0 spiro atoms. The molecular formula is C79H86IrN3. The maximum atomic E-state index is 10.3. The van der Waals surface area contributed by atoms with Gasteiger partial charge in [0.05, 0.1) is 0 Å². The third-order valence-corrected chi connectivity index (χ3v) is 20.6. The van der Waals surface area contributed by atoms with Crippen LogP contribution in [0.15, 0.2) is 140 Å². The number of nitrogens with zero attached hydrogens (tertiary/aromatic N) is 3. The van der Waals surface area contributed by atoms with Crippen molar-refractivity contribution in [2.45, 2.75) is 198 Å². The Labute approximate surface area is 517 Å². The average Bonchev–Trinajstić information content (AvgIpc) is 1.32. The SMILES string of the molecule is [2H]C([2H])(c1cc(CC(C)(C)c2ccc(-c3[c-]cc4c(c3)C(C)(C)CC4(C)C)nc2)cc(CC(C)(C)c2ccc(-c3[c-]cc4c(c3)C(C)(C)CC4(C)C)nc2)c1)C([2H])([2H])c1cnc(-c2[c-]cccc2)cc1-c1ccc(C23CC4CC(CC(C4)C2)C3)cc1.[Ir+3]. The number of benzene rings is 5. The predicted molar refractivity (Wildman–Crippen MR) is 339 cm³/mol. The zero-order chi connectivity index (χ0) is 60.8. The normalized spacial score (nSPS) is 23.3. The average molecular weight is 1270 g/mol. The number of pyridine rings is 3. The van der Waals surface area contributed by atoms with Crippen molar-refractivity contribution in [1.29, 1.82) is 0 Å². The fourth-order valence-electron chi connectivity index (χ4n) is 17.4. The van der Waals surface area contributed by atoms with Crippen LogP contribution in [-0.4, -0.2) is 15.0 Å². The van der Waals surface area contributed by atoms with Gasteiger partial charge in [-0.2, -0.15) is 0 Å². The number of rotatable bonds is 14. The van der Waals surface area contributed by atoms with E-state index in [9.17, 15) is 5.48 Å². The summed E-state index contributed by atoms with van der Waals surface area (Å²) in [4.78, 5) is 15.1. The van der Waals surface area contributed by atoms with Gasteiger partial charge < -0.3 is 15.0 Å². The summed E-state index contributed by atoms with van der Waals surface area (Å²) >= 11 is 0. The first kappa shape index (κ1) is 52.7. The molecule has 4 heteroatoms. The Bertz CT molecular complexity index is 3720. The number of hydrogen-bond acceptors (Lipinski definition) is 3. The van der Waals surface area contributed by atoms with Gasteiger partial charge in [-0.1, -0.05) is 156 Å². The van der Waals surface area contributed by atoms with Crippen molar-refractivity contribution in [3.8, 4) is 44.9 Å². The minimum Gasteiger partial charge on any atom is -0.304 e. The minimum atomic E-state index is -2.54. The summed E-state index contributed by atoms with van der Waals surface area (Å²) in [5, 5.41) is 0. The van der Waals surface area contributed by atoms with Gasteiger partial charge in [-0.3, -0.25) is 0 Å². The van der Waals surface area contributed by atoms with Crippen LogP contribution in [0.5, 0.6) is 0 Å². The van der Waals surface area contributed by atoms with Gasteiger partial charge in [0.15, 0.2) is 0 Å². The number of aryl methyl sites for hydroxylation is 2. The molecule has 6 aliphatic carbocycles. The van der Waals surface area contributed by atoms with Crippen molar-refractivity contribution in [3.05, 3.63) is 219 Å². The van der Waals surface area contributed by atoms with Gasteiger partial charge in [-0.25, -0.2) is 0 Å². The molecule has 14 rings (SSSR count). The Morgan fingerprint density at radius 2 is 0.976 bits per heavy atom. The van der Waals surface area contributed by atoms with E-state index in [1.54, 1.807) is 6.20 Å². The van der Waals surface area contributed by atoms with Crippen LogP contribution in [0.2, 0.25) is 0 Å². The van der Waals surface area contributed by atoms with Crippen LogP contribution in [0, 0.1) is 36.0 Å². The number of aromatic nitrogens is 3. The topological polar surface area (TPSA) is 38.7 Å². The Morgan fingerprint density at radius 1 is 0.494 bits per heavy atom. The van der Waals surface area contributed by atoms with Crippen molar-refractivity contribution in [2.24, 2.45) is 17.8 Å². The molecule has 0 radical (unpaired) electrons. The first-order valence-electron chi connectivity index (χ1n) is 32.7. The van der Waals surface area contributed by atoms with E-state index in [0.717, 1.165) is 86.5 Å². The van der Waals surface area contributed by atoms with E-state index in [1.807, 2.05) is 54.9 Å². The molecule has 8 aromatic rings. The summed E-state index contributed by atoms with van der Waals surface area (Å²) in [5.41, 5.74) is 17.8. The van der Waals surface area contributed by atoms with Gasteiger partial charge in [0.1, 0.15) is 0 Å². The molecule has 0 unspecified atom stereocenters. The van der Waals surface area contributed by atoms with Gasteiger partial charge >= 0.3 is 20.1 Å². The maximum Gasteiger partial charge on any atom is 3.00 e. The molecule has 0 saturated heterocycles. The molecule has 3 aromatic heterocycles. The van der Waals surface area contributed by atoms with Gasteiger partial charge in [-0.15, -0.1) is 106 Å². The fraction of sp³-hybridized carbons (Fsp3) is 0.430. The predicted octanol–water partition coefficient (Wildman–Crippen LogP) is 19.1. The molecule has 0 amide bonds. The summed E-state index contributed by atoms with van der Waals surface area (Å²) in [6.07, 6.45) is 11.8. The smallest absolute Gasteiger partial charge is 0.304 e. The molecule has 4 saturated carbocycles. The minimum absolute atomic E-state index is 0. The molecule has 0 N–H and O–H groups in total. The van der Waals surface area contributed by atoms with E-state index in [1.165, 1.54) is 66.3 Å². The van der Waals surface area contributed by atoms with Gasteiger partial charge in [0, 0.05) is 24.1 Å². The van der Waals surface area contributed by atoms with Crippen molar-refractivity contribution < 1.29 is 25.6 Å². The monoisotopic (exact) mass is 1270 g/mol. The second-order valence-corrected chi connectivity index (χ2v) is 30.2. The van der Waals surface area contributed by atoms with Crippen molar-refractivity contribution in [1.82, 2.24) is 15.0 Å². The van der Waals surface area contributed by atoms with E-state index in [4.69, 9.17) is 15.0 Å². The maximum absolute atomic E-state index is 10.3. The molecule has 4 fully saturated rings. The Balaban J connectivity index is 0.00000739. The molecule has 5 aromatic carbocycles. The molecule has 6 aliphatic rings. The molecular weight excluding hydrogens is 1180 g/mol. The van der Waals surface area contributed by atoms with Crippen LogP contribution < -0.4 is 0 Å². The van der Waals surface area contributed by atoms with Crippen molar-refractivity contribution in [2.75, 3.05) is 0 Å². The fourth-order valence-corrected chi connectivity index (χ4v) is 17.4. The second kappa shape index (κ2) is 21.0. The van der Waals surface area contributed by atoms with Crippen LogP contribution >= 0.6 is 0 Å². The first-order valence-corrected chi connectivity index (χ1v) is 30.7. The van der Waals surface area contributed by atoms with E-state index in [0.29, 0.717) is 29.7 Å². The number of hydrogen-bond donors (Lipinski definition) is 0. The first-order chi connectivity index (χ1) is 40.4. The van der Waals surface area contributed by atoms with Gasteiger partial charge in [0.2, 0.25) is 0 Å². The number of fused-ring (bicyclic) bond motifs is 2. The third kappa shape index (κ3) is 11.0. The molecule has 3 heterocycles. The van der Waals surface area contributed by atoms with E-state index in [-0.39, 0.29) is 52.7 Å². The third-order valence-electron chi connectivity index (χ3n) is 20.6. The Hall–Kier alpha value is -5.80. The summed E-state index contributed by atoms with van der Waals surface area (Å²) in [5.74, 6) is 2.45. The van der Waals surface area contributed by atoms with E-state index >= 15 is 0 Å². The van der Waals surface area contributed by atoms with Crippen LogP contribution in [0.1, 0.15) is 201 Å². The van der Waals surface area contributed by atoms with Gasteiger partial charge in [0.25, 0.3) is 0 Å². The van der Waals surface area contributed by atoms with Crippen molar-refractivity contribution >= 4 is 0 Å². The van der Waals surface area contributed by atoms with Crippen molar-refractivity contribution in [3.63, 3.8) is 0 Å². The molecule has 0 aliphatic heterocycles. The summed E-state index contributed by atoms with van der Waals surface area (Å²) in [6.45, 7) is 27.6. The summed E-state index contributed by atoms with van der Waals surface area (Å²) in [7, 11) is 0. The molecule has 3 nitrogen and oxygen atoms in total. The molecule has 0 atom stereocenters. The zero-order valence-corrected chi connectivity index (χ0v) is 53.7. The standard InChI is InChI=1S/C79H86N3.Ir/c1-73(2,63-26-30-70(81-47-63)59-22-28-66-68(38-59)77(9,10)49-75(66,5)6)41-52-32-51(33-53(34-52)42-74(3,4)64-27-31-71(82-48-64)60-23-29-67-69(39-60)78(11,12)50-76(67,7)8)18-19-61-46-80-72(58-16-14-13-15-17-58)40-65(61)57-20-24-62(25-21-57)79-43-54-35-55(44-79)37-56(36-54)45-79;/h13-16,20-21,24-34,38-40,46-48,54-56H,18-19,35-37,41-45,49-50H2,1-12H3;/q-3;+3/i18D2,19D2;. The summed E-state index contributed by atoms with van der Waals surface area (Å²) < 4.78 is 41.0. The zero-order valence-electron chi connectivity index (χ0n) is 55.3. The van der Waals surface area contributed by atoms with Crippen LogP contribution in [-0.2, 0) is 83.6 Å². The van der Waals surface area contributed by atoms with E-state index in [2.05, 4.69) is 180 Å². The quantitative estimate of drug-likeness (QED) is 0.102. The Morgan fingerprint density at radius 3 is 1.45 bits per heavy atom. The van der Waals surface area contributed by atoms with Crippen LogP contribution in [0.3, 0.4) is 0 Å². The Kier molecular flexibility index (Phi) is 13.3. The molecule has 426 valence electrons. The van der Waals surface area contributed by atoms with Crippen LogP contribution in [0.4, 0.5) is 0 Å². The summed E-state index contributed by atoms with van der Waals surface area (Å²) in [6, 6.07) is 52.8. The second-order valence-electron chi connectivity index (χ2n) is 30.2. The molecule has 4 bridgehead atoms. The van der Waals surface area contributed by atoms with Crippen LogP contribution in [0.25, 0.3) is 44.9 Å². The van der Waals surface area contributed by atoms with E-state index < -0.39 is 23.6 Å². The molecule has 83 heavy (non-hydrogen) atoms. The largest absolute Gasteiger partial charge is 3.00 e. The van der Waals surface area contributed by atoms with Gasteiger partial charge in [-0.05, 0) is 200 Å².